The monoisotopic (exact) mass is 522 g/mol. The van der Waals surface area contributed by atoms with Gasteiger partial charge in [0.2, 0.25) is 11.3 Å². The Hall–Kier alpha value is -3.99. The first-order chi connectivity index (χ1) is 17.8. The van der Waals surface area contributed by atoms with Gasteiger partial charge in [0.1, 0.15) is 16.1 Å². The van der Waals surface area contributed by atoms with Crippen LogP contribution in [0.25, 0.3) is 25.9 Å². The molecule has 192 valence electrons. The Morgan fingerprint density at radius 3 is 2.59 bits per heavy atom. The van der Waals surface area contributed by atoms with Gasteiger partial charge in [0.15, 0.2) is 0 Å². The van der Waals surface area contributed by atoms with Gasteiger partial charge in [-0.05, 0) is 44.9 Å². The number of fused-ring (bicyclic) bond motifs is 5. The fourth-order valence-corrected chi connectivity index (χ4v) is 6.52. The minimum absolute atomic E-state index is 0.0119. The summed E-state index contributed by atoms with van der Waals surface area (Å²) in [7, 11) is 0. The number of carbonyl (C=O) groups excluding carboxylic acids is 1. The van der Waals surface area contributed by atoms with E-state index in [2.05, 4.69) is 0 Å². The summed E-state index contributed by atoms with van der Waals surface area (Å²) in [5.74, 6) is -1.65. The minimum atomic E-state index is -1.35. The third-order valence-electron chi connectivity index (χ3n) is 7.13. The van der Waals surface area contributed by atoms with Crippen molar-refractivity contribution in [3.63, 3.8) is 0 Å². The molecule has 5 rings (SSSR count). The molecule has 0 saturated carbocycles. The average Bonchev–Trinajstić information content (AvgIpc) is 3.27. The Morgan fingerprint density at radius 1 is 1.19 bits per heavy atom. The first kappa shape index (κ1) is 24.7. The number of para-hydroxylation sites is 1. The van der Waals surface area contributed by atoms with Crippen molar-refractivity contribution in [1.29, 1.82) is 0 Å². The maximum Gasteiger partial charge on any atom is 0.342 e. The van der Waals surface area contributed by atoms with Gasteiger partial charge in [-0.1, -0.05) is 12.1 Å². The number of benzene rings is 2. The molecule has 2 aromatic heterocycles. The fourth-order valence-electron chi connectivity index (χ4n) is 5.33. The highest BCUT2D eigenvalue weighted by Gasteiger charge is 2.32. The van der Waals surface area contributed by atoms with E-state index in [1.165, 1.54) is 12.1 Å². The van der Waals surface area contributed by atoms with Gasteiger partial charge in [0.25, 0.3) is 5.69 Å². The van der Waals surface area contributed by atoms with Crippen LogP contribution in [0, 0.1) is 16.0 Å². The van der Waals surface area contributed by atoms with Gasteiger partial charge < -0.3 is 14.9 Å². The lowest BCUT2D eigenvalue weighted by Gasteiger charge is -2.35. The highest BCUT2D eigenvalue weighted by atomic mass is 32.1. The SMILES string of the molecule is CCN(CC)C(=O)C1CCCN(c2cc3c(=O)c(C(=O)O)c4sc5ccccc5n4c3cc2[N+](=O)[O-])C1. The number of piperidine rings is 1. The lowest BCUT2D eigenvalue weighted by molar-refractivity contribution is -0.384. The number of hydrogen-bond donors (Lipinski definition) is 1. The van der Waals surface area contributed by atoms with E-state index in [0.29, 0.717) is 44.5 Å². The first-order valence-electron chi connectivity index (χ1n) is 12.2. The predicted octanol–water partition coefficient (Wildman–Crippen LogP) is 4.36. The zero-order chi connectivity index (χ0) is 26.4. The van der Waals surface area contributed by atoms with E-state index in [0.717, 1.165) is 16.0 Å². The number of rotatable bonds is 6. The number of nitro groups is 1. The molecule has 4 aromatic rings. The number of aromatic carboxylic acids is 1. The molecule has 2 aromatic carbocycles. The first-order valence-corrected chi connectivity index (χ1v) is 13.0. The molecule has 1 N–H and O–H groups in total. The van der Waals surface area contributed by atoms with Gasteiger partial charge in [-0.15, -0.1) is 11.3 Å². The standard InChI is InChI=1S/C26H26N4O6S/c1-3-27(4-2)24(32)15-8-7-11-28(14-15)19-12-16-18(13-20(19)30(35)36)29-17-9-5-6-10-21(17)37-25(29)22(23(16)31)26(33)34/h5-6,9-10,12-13,15H,3-4,7-8,11,14H2,1-2H3,(H,33,34). The van der Waals surface area contributed by atoms with Gasteiger partial charge in [0, 0.05) is 37.6 Å². The summed E-state index contributed by atoms with van der Waals surface area (Å²) in [4.78, 5) is 54.2. The van der Waals surface area contributed by atoms with Crippen molar-refractivity contribution in [1.82, 2.24) is 9.30 Å². The Balaban J connectivity index is 1.75. The lowest BCUT2D eigenvalue weighted by Crippen LogP contribution is -2.45. The number of carboxylic acids is 1. The largest absolute Gasteiger partial charge is 0.477 e. The molecule has 1 aliphatic heterocycles. The number of anilines is 1. The second kappa shape index (κ2) is 9.47. The van der Waals surface area contributed by atoms with Gasteiger partial charge in [0.05, 0.1) is 26.6 Å². The van der Waals surface area contributed by atoms with Crippen molar-refractivity contribution in [3.05, 3.63) is 62.3 Å². The second-order valence-electron chi connectivity index (χ2n) is 9.13. The molecule has 3 heterocycles. The van der Waals surface area contributed by atoms with E-state index in [1.54, 1.807) is 26.3 Å². The summed E-state index contributed by atoms with van der Waals surface area (Å²) in [5.41, 5.74) is -0.0530. The molecule has 1 unspecified atom stereocenters. The number of thiazole rings is 1. The van der Waals surface area contributed by atoms with Crippen LogP contribution in [0.15, 0.2) is 41.2 Å². The third kappa shape index (κ3) is 3.99. The van der Waals surface area contributed by atoms with E-state index < -0.39 is 16.3 Å². The molecule has 1 fully saturated rings. The number of aromatic nitrogens is 1. The molecule has 11 heteroatoms. The number of pyridine rings is 1. The van der Waals surface area contributed by atoms with Crippen LogP contribution in [0.1, 0.15) is 37.0 Å². The zero-order valence-electron chi connectivity index (χ0n) is 20.5. The molecule has 0 aliphatic carbocycles. The van der Waals surface area contributed by atoms with E-state index in [-0.39, 0.29) is 44.5 Å². The molecule has 0 radical (unpaired) electrons. The van der Waals surface area contributed by atoms with E-state index >= 15 is 0 Å². The molecule has 1 saturated heterocycles. The van der Waals surface area contributed by atoms with Crippen LogP contribution in [0.3, 0.4) is 0 Å². The Kier molecular flexibility index (Phi) is 6.32. The van der Waals surface area contributed by atoms with Crippen LogP contribution in [0.5, 0.6) is 0 Å². The highest BCUT2D eigenvalue weighted by molar-refractivity contribution is 7.24. The maximum atomic E-state index is 13.5. The second-order valence-corrected chi connectivity index (χ2v) is 10.2. The quantitative estimate of drug-likeness (QED) is 0.295. The molecular formula is C26H26N4O6S. The number of nitro benzene ring substituents is 1. The van der Waals surface area contributed by atoms with Crippen molar-refractivity contribution in [2.45, 2.75) is 26.7 Å². The Labute approximate surface area is 215 Å². The zero-order valence-corrected chi connectivity index (χ0v) is 21.3. The van der Waals surface area contributed by atoms with E-state index in [9.17, 15) is 29.6 Å². The summed E-state index contributed by atoms with van der Waals surface area (Å²) < 4.78 is 2.39. The van der Waals surface area contributed by atoms with Crippen LogP contribution >= 0.6 is 11.3 Å². The van der Waals surface area contributed by atoms with Gasteiger partial charge >= 0.3 is 5.97 Å². The number of carbonyl (C=O) groups is 2. The molecule has 10 nitrogen and oxygen atoms in total. The predicted molar refractivity (Wildman–Crippen MR) is 143 cm³/mol. The molecule has 1 amide bonds. The third-order valence-corrected chi connectivity index (χ3v) is 8.28. The number of hydrogen-bond acceptors (Lipinski definition) is 7. The van der Waals surface area contributed by atoms with Crippen molar-refractivity contribution in [2.75, 3.05) is 31.1 Å². The normalized spacial score (nSPS) is 15.9. The fraction of sp³-hybridized carbons (Fsp3) is 0.346. The maximum absolute atomic E-state index is 13.5. The number of nitrogens with zero attached hydrogens (tertiary/aromatic N) is 4. The molecule has 37 heavy (non-hydrogen) atoms. The smallest absolute Gasteiger partial charge is 0.342 e. The van der Waals surface area contributed by atoms with Crippen molar-refractivity contribution >= 4 is 60.5 Å². The topological polar surface area (TPSA) is 125 Å². The summed E-state index contributed by atoms with van der Waals surface area (Å²) in [6, 6.07) is 10.0. The lowest BCUT2D eigenvalue weighted by atomic mass is 9.95. The van der Waals surface area contributed by atoms with Crippen LogP contribution in [-0.2, 0) is 4.79 Å². The highest BCUT2D eigenvalue weighted by Crippen LogP contribution is 2.38. The molecular weight excluding hydrogens is 496 g/mol. The van der Waals surface area contributed by atoms with Crippen molar-refractivity contribution in [2.24, 2.45) is 5.92 Å². The summed E-state index contributed by atoms with van der Waals surface area (Å²) in [6.45, 7) is 5.78. The summed E-state index contributed by atoms with van der Waals surface area (Å²) in [5, 5.41) is 22.3. The molecule has 1 atom stereocenters. The van der Waals surface area contributed by atoms with Crippen LogP contribution in [0.2, 0.25) is 0 Å². The Morgan fingerprint density at radius 2 is 1.92 bits per heavy atom. The number of carboxylic acid groups (broad SMARTS) is 1. The summed E-state index contributed by atoms with van der Waals surface area (Å²) in [6.07, 6.45) is 1.35. The van der Waals surface area contributed by atoms with Gasteiger partial charge in [-0.25, -0.2) is 4.79 Å². The van der Waals surface area contributed by atoms with E-state index in [1.807, 2.05) is 26.0 Å². The van der Waals surface area contributed by atoms with Gasteiger partial charge in [-0.2, -0.15) is 0 Å². The van der Waals surface area contributed by atoms with Crippen molar-refractivity contribution < 1.29 is 19.6 Å². The van der Waals surface area contributed by atoms with Crippen molar-refractivity contribution in [3.8, 4) is 0 Å². The number of amides is 1. The minimum Gasteiger partial charge on any atom is -0.477 e. The average molecular weight is 523 g/mol. The molecule has 0 spiro atoms. The van der Waals surface area contributed by atoms with Crippen LogP contribution in [0.4, 0.5) is 11.4 Å². The Bertz CT molecular complexity index is 1640. The van der Waals surface area contributed by atoms with Crippen LogP contribution in [-0.4, -0.2) is 57.4 Å². The van der Waals surface area contributed by atoms with E-state index in [4.69, 9.17) is 0 Å². The molecule has 1 aliphatic rings. The van der Waals surface area contributed by atoms with Crippen LogP contribution < -0.4 is 10.3 Å². The summed E-state index contributed by atoms with van der Waals surface area (Å²) >= 11 is 1.16. The van der Waals surface area contributed by atoms with Gasteiger partial charge in [-0.3, -0.25) is 24.1 Å². The molecule has 0 bridgehead atoms.